The minimum absolute atomic E-state index is 0.0810. The van der Waals surface area contributed by atoms with Crippen LogP contribution < -0.4 is 5.23 Å². The maximum absolute atomic E-state index is 10.1. The van der Waals surface area contributed by atoms with Gasteiger partial charge in [-0.1, -0.05) is 0 Å². The van der Waals surface area contributed by atoms with Gasteiger partial charge in [-0.2, -0.15) is 10.2 Å². The van der Waals surface area contributed by atoms with Crippen molar-refractivity contribution in [3.05, 3.63) is 17.7 Å². The topological polar surface area (TPSA) is 65.5 Å². The summed E-state index contributed by atoms with van der Waals surface area (Å²) in [5.74, 6) is 0.0810. The van der Waals surface area contributed by atoms with Crippen molar-refractivity contribution >= 4 is 5.82 Å². The Labute approximate surface area is 51.7 Å². The Morgan fingerprint density at radius 2 is 2.56 bits per heavy atom. The van der Waals surface area contributed by atoms with Gasteiger partial charge in [0.2, 0.25) is 0 Å². The zero-order chi connectivity index (χ0) is 6.85. The van der Waals surface area contributed by atoms with E-state index in [4.69, 9.17) is 5.21 Å². The number of nitrogens with zero attached hydrogens (tertiary/aromatic N) is 2. The smallest absolute Gasteiger partial charge is 0.276 e. The van der Waals surface area contributed by atoms with Crippen molar-refractivity contribution in [1.82, 2.24) is 9.55 Å². The molecule has 0 aliphatic carbocycles. The van der Waals surface area contributed by atoms with Crippen molar-refractivity contribution in [2.45, 2.75) is 0 Å². The molecule has 0 aromatic carbocycles. The number of hydrogen-bond acceptors (Lipinski definition) is 3. The first kappa shape index (κ1) is 6.21. The van der Waals surface area contributed by atoms with E-state index in [1.165, 1.54) is 12.5 Å². The number of aromatic nitrogens is 2. The lowest BCUT2D eigenvalue weighted by Gasteiger charge is -2.05. The highest BCUT2D eigenvalue weighted by atomic mass is 16.8. The second-order valence-corrected chi connectivity index (χ2v) is 1.73. The summed E-state index contributed by atoms with van der Waals surface area (Å²) in [5, 5.41) is 17.5. The number of aryl methyl sites for hydroxylation is 1. The molecule has 0 aliphatic rings. The first-order chi connectivity index (χ1) is 4.20. The lowest BCUT2D eigenvalue weighted by atomic mass is 10.8. The summed E-state index contributed by atoms with van der Waals surface area (Å²) in [5.41, 5.74) is 0. The highest BCUT2D eigenvalue weighted by Crippen LogP contribution is 1.90. The van der Waals surface area contributed by atoms with Gasteiger partial charge in [0, 0.05) is 7.05 Å². The normalized spacial score (nSPS) is 13.7. The van der Waals surface area contributed by atoms with Crippen LogP contribution >= 0.6 is 0 Å². The van der Waals surface area contributed by atoms with Crippen LogP contribution in [0, 0.1) is 5.21 Å². The van der Waals surface area contributed by atoms with Crippen molar-refractivity contribution in [2.24, 2.45) is 7.05 Å². The van der Waals surface area contributed by atoms with Gasteiger partial charge in [-0.3, -0.25) is 0 Å². The second kappa shape index (κ2) is 2.14. The van der Waals surface area contributed by atoms with E-state index in [1.54, 1.807) is 11.6 Å². The van der Waals surface area contributed by atoms with Crippen LogP contribution in [0.15, 0.2) is 12.5 Å². The molecule has 0 saturated carbocycles. The van der Waals surface area contributed by atoms with E-state index in [2.05, 4.69) is 4.98 Å². The third kappa shape index (κ3) is 1.26. The second-order valence-electron chi connectivity index (χ2n) is 1.73. The standard InChI is InChI=1S/C4H7N3O2/c1-6-2-4(5-3-6)7(8)9/h2-3,7-8H,1H3. The molecule has 1 heterocycles. The van der Waals surface area contributed by atoms with Crippen molar-refractivity contribution < 1.29 is 10.4 Å². The molecule has 1 atom stereocenters. The first-order valence-corrected chi connectivity index (χ1v) is 2.41. The maximum atomic E-state index is 10.1. The van der Waals surface area contributed by atoms with Crippen LogP contribution in [0.1, 0.15) is 0 Å². The van der Waals surface area contributed by atoms with Crippen LogP contribution in [0.3, 0.4) is 0 Å². The summed E-state index contributed by atoms with van der Waals surface area (Å²) in [7, 11) is 1.72. The molecule has 5 nitrogen and oxygen atoms in total. The zero-order valence-electron chi connectivity index (χ0n) is 4.90. The van der Waals surface area contributed by atoms with Crippen LogP contribution in [0.2, 0.25) is 0 Å². The van der Waals surface area contributed by atoms with Crippen molar-refractivity contribution in [2.75, 3.05) is 0 Å². The Balaban J connectivity index is 2.85. The van der Waals surface area contributed by atoms with Crippen LogP contribution in [0.5, 0.6) is 0 Å². The van der Waals surface area contributed by atoms with Gasteiger partial charge < -0.3 is 9.77 Å². The summed E-state index contributed by atoms with van der Waals surface area (Å²) >= 11 is 0. The lowest BCUT2D eigenvalue weighted by molar-refractivity contribution is -0.993. The average Bonchev–Trinajstić information content (AvgIpc) is 2.14. The van der Waals surface area contributed by atoms with Crippen molar-refractivity contribution in [3.8, 4) is 0 Å². The molecule has 1 aromatic rings. The third-order valence-electron chi connectivity index (χ3n) is 0.924. The first-order valence-electron chi connectivity index (χ1n) is 2.41. The molecule has 0 radical (unpaired) electrons. The van der Waals surface area contributed by atoms with Gasteiger partial charge in [0.15, 0.2) is 0 Å². The van der Waals surface area contributed by atoms with E-state index in [1.807, 2.05) is 0 Å². The highest BCUT2D eigenvalue weighted by molar-refractivity contribution is 5.10. The van der Waals surface area contributed by atoms with Gasteiger partial charge in [-0.05, 0) is 0 Å². The Hall–Kier alpha value is -0.910. The highest BCUT2D eigenvalue weighted by Gasteiger charge is 2.00. The quantitative estimate of drug-likeness (QED) is 0.469. The Bertz CT molecular complexity index is 195. The Kier molecular flexibility index (Phi) is 1.48. The molecule has 9 heavy (non-hydrogen) atoms. The zero-order valence-corrected chi connectivity index (χ0v) is 4.90. The number of hydrogen-bond donors (Lipinski definition) is 2. The Morgan fingerprint density at radius 1 is 1.89 bits per heavy atom. The number of quaternary nitrogens is 1. The Morgan fingerprint density at radius 3 is 2.78 bits per heavy atom. The molecule has 0 bridgehead atoms. The molecule has 5 heteroatoms. The monoisotopic (exact) mass is 129 g/mol. The summed E-state index contributed by atoms with van der Waals surface area (Å²) < 4.78 is 1.59. The van der Waals surface area contributed by atoms with E-state index in [0.29, 0.717) is 0 Å². The molecule has 0 saturated heterocycles. The molecule has 0 fully saturated rings. The molecule has 1 unspecified atom stereocenters. The predicted octanol–water partition coefficient (Wildman–Crippen LogP) is -1.18. The lowest BCUT2D eigenvalue weighted by Crippen LogP contribution is -2.99. The summed E-state index contributed by atoms with van der Waals surface area (Å²) in [6.07, 6.45) is 2.89. The molecule has 2 N–H and O–H groups in total. The predicted molar refractivity (Wildman–Crippen MR) is 29.0 cm³/mol. The number of nitrogens with one attached hydrogen (secondary N) is 1. The molecular formula is C4H7N3O2. The van der Waals surface area contributed by atoms with E-state index < -0.39 is 5.23 Å². The molecule has 0 aliphatic heterocycles. The molecule has 50 valence electrons. The fraction of sp³-hybridized carbons (Fsp3) is 0.250. The van der Waals surface area contributed by atoms with Gasteiger partial charge in [-0.25, -0.2) is 5.21 Å². The fourth-order valence-electron chi connectivity index (χ4n) is 0.523. The largest absolute Gasteiger partial charge is 0.594 e. The van der Waals surface area contributed by atoms with E-state index in [0.717, 1.165) is 0 Å². The van der Waals surface area contributed by atoms with Crippen LogP contribution in [0.25, 0.3) is 0 Å². The van der Waals surface area contributed by atoms with Gasteiger partial charge >= 0.3 is 0 Å². The fourth-order valence-corrected chi connectivity index (χ4v) is 0.523. The maximum Gasteiger partial charge on any atom is 0.276 e. The molecular weight excluding hydrogens is 122 g/mol. The van der Waals surface area contributed by atoms with Crippen LogP contribution in [-0.2, 0) is 7.05 Å². The summed E-state index contributed by atoms with van der Waals surface area (Å²) in [6.45, 7) is 0. The van der Waals surface area contributed by atoms with Gasteiger partial charge in [-0.15, -0.1) is 0 Å². The van der Waals surface area contributed by atoms with Gasteiger partial charge in [0.05, 0.1) is 6.20 Å². The van der Waals surface area contributed by atoms with Gasteiger partial charge in [0.1, 0.15) is 6.33 Å². The molecule has 0 spiro atoms. The van der Waals surface area contributed by atoms with Crippen molar-refractivity contribution in [3.63, 3.8) is 0 Å². The van der Waals surface area contributed by atoms with Crippen LogP contribution in [0.4, 0.5) is 5.82 Å². The van der Waals surface area contributed by atoms with E-state index in [-0.39, 0.29) is 5.82 Å². The number of imidazole rings is 1. The summed E-state index contributed by atoms with van der Waals surface area (Å²) in [6, 6.07) is 0. The SMILES string of the molecule is Cn1cnc([NH+]([O-])O)c1. The minimum Gasteiger partial charge on any atom is -0.594 e. The van der Waals surface area contributed by atoms with Crippen LogP contribution in [-0.4, -0.2) is 14.8 Å². The number of rotatable bonds is 1. The average molecular weight is 129 g/mol. The molecule has 0 amide bonds. The summed E-state index contributed by atoms with van der Waals surface area (Å²) in [4.78, 5) is 3.58. The molecule has 1 rings (SSSR count). The van der Waals surface area contributed by atoms with Gasteiger partial charge in [0.25, 0.3) is 5.82 Å². The van der Waals surface area contributed by atoms with E-state index >= 15 is 0 Å². The molecule has 1 aromatic heterocycles. The van der Waals surface area contributed by atoms with E-state index in [9.17, 15) is 5.21 Å². The van der Waals surface area contributed by atoms with Crippen molar-refractivity contribution in [1.29, 1.82) is 0 Å². The minimum atomic E-state index is -0.990. The third-order valence-corrected chi connectivity index (χ3v) is 0.924.